The molecule has 3 rings (SSSR count). The zero-order valence-electron chi connectivity index (χ0n) is 17.2. The predicted octanol–water partition coefficient (Wildman–Crippen LogP) is 2.54. The van der Waals surface area contributed by atoms with E-state index in [1.165, 1.54) is 29.2 Å². The van der Waals surface area contributed by atoms with Gasteiger partial charge < -0.3 is 16.0 Å². The van der Waals surface area contributed by atoms with Crippen LogP contribution in [0.25, 0.3) is 0 Å². The van der Waals surface area contributed by atoms with Crippen LogP contribution in [0.15, 0.2) is 87.8 Å². The quantitative estimate of drug-likeness (QED) is 0.452. The lowest BCUT2D eigenvalue weighted by Gasteiger charge is -2.11. The molecule has 3 N–H and O–H groups in total. The summed E-state index contributed by atoms with van der Waals surface area (Å²) in [4.78, 5) is 21.9. The maximum atomic E-state index is 13.0. The molecular weight excluding hydrogens is 414 g/mol. The van der Waals surface area contributed by atoms with E-state index in [-0.39, 0.29) is 28.2 Å². The number of hydrogen-bond acceptors (Lipinski definition) is 5. The molecule has 0 atom stereocenters. The Balaban J connectivity index is 1.74. The van der Waals surface area contributed by atoms with Gasteiger partial charge in [-0.3, -0.25) is 9.78 Å². The van der Waals surface area contributed by atoms with Gasteiger partial charge in [-0.2, -0.15) is 0 Å². The highest BCUT2D eigenvalue weighted by Gasteiger charge is 2.19. The predicted molar refractivity (Wildman–Crippen MR) is 120 cm³/mol. The fourth-order valence-electron chi connectivity index (χ4n) is 2.76. The molecule has 0 saturated heterocycles. The molecule has 0 aliphatic heterocycles. The highest BCUT2D eigenvalue weighted by molar-refractivity contribution is 7.91. The highest BCUT2D eigenvalue weighted by atomic mass is 32.2. The maximum Gasteiger partial charge on any atom is 0.253 e. The SMILES string of the molecule is CN(C)C(=O)c1cccc(S(=O)(=O)c2ccc(CN=C(N)Nc3ccncc3)cc2)c1. The Hall–Kier alpha value is -3.72. The monoisotopic (exact) mass is 437 g/mol. The Morgan fingerprint density at radius 2 is 1.71 bits per heavy atom. The van der Waals surface area contributed by atoms with Crippen molar-refractivity contribution in [3.63, 3.8) is 0 Å². The molecule has 1 aromatic heterocycles. The summed E-state index contributed by atoms with van der Waals surface area (Å²) in [5.41, 5.74) is 7.77. The average Bonchev–Trinajstić information content (AvgIpc) is 2.78. The van der Waals surface area contributed by atoms with Gasteiger partial charge in [0.2, 0.25) is 9.84 Å². The third-order valence-corrected chi connectivity index (χ3v) is 6.18. The van der Waals surface area contributed by atoms with Gasteiger partial charge in [-0.05, 0) is 48.0 Å². The summed E-state index contributed by atoms with van der Waals surface area (Å²) in [6.45, 7) is 0.289. The molecular formula is C22H23N5O3S. The van der Waals surface area contributed by atoms with Crippen LogP contribution in [0.1, 0.15) is 15.9 Å². The van der Waals surface area contributed by atoms with Gasteiger partial charge in [0, 0.05) is 37.7 Å². The summed E-state index contributed by atoms with van der Waals surface area (Å²) in [5.74, 6) is -0.0199. The zero-order chi connectivity index (χ0) is 22.4. The van der Waals surface area contributed by atoms with Crippen molar-refractivity contribution < 1.29 is 13.2 Å². The molecule has 9 heteroatoms. The number of hydrogen-bond donors (Lipinski definition) is 2. The van der Waals surface area contributed by atoms with Crippen LogP contribution in [0.2, 0.25) is 0 Å². The molecule has 31 heavy (non-hydrogen) atoms. The van der Waals surface area contributed by atoms with Crippen LogP contribution >= 0.6 is 0 Å². The molecule has 1 amide bonds. The summed E-state index contributed by atoms with van der Waals surface area (Å²) < 4.78 is 25.9. The summed E-state index contributed by atoms with van der Waals surface area (Å²) in [6, 6.07) is 16.0. The molecule has 8 nitrogen and oxygen atoms in total. The van der Waals surface area contributed by atoms with Crippen LogP contribution in [0.5, 0.6) is 0 Å². The number of amides is 1. The van der Waals surface area contributed by atoms with E-state index in [4.69, 9.17) is 5.73 Å². The van der Waals surface area contributed by atoms with Crippen LogP contribution in [-0.4, -0.2) is 44.3 Å². The first-order chi connectivity index (χ1) is 14.8. The van der Waals surface area contributed by atoms with Crippen LogP contribution in [0.4, 0.5) is 5.69 Å². The van der Waals surface area contributed by atoms with Crippen molar-refractivity contribution in [2.75, 3.05) is 19.4 Å². The maximum absolute atomic E-state index is 13.0. The second kappa shape index (κ2) is 9.40. The van der Waals surface area contributed by atoms with E-state index < -0.39 is 9.84 Å². The molecule has 0 spiro atoms. The summed E-state index contributed by atoms with van der Waals surface area (Å²) in [6.07, 6.45) is 3.28. The fraction of sp³-hybridized carbons (Fsp3) is 0.136. The van der Waals surface area contributed by atoms with Crippen molar-refractivity contribution in [2.45, 2.75) is 16.3 Å². The Morgan fingerprint density at radius 1 is 1.03 bits per heavy atom. The summed E-state index contributed by atoms with van der Waals surface area (Å²) in [5, 5.41) is 2.95. The molecule has 3 aromatic rings. The number of anilines is 1. The highest BCUT2D eigenvalue weighted by Crippen LogP contribution is 2.22. The molecule has 0 radical (unpaired) electrons. The van der Waals surface area contributed by atoms with Crippen molar-refractivity contribution >= 4 is 27.4 Å². The van der Waals surface area contributed by atoms with E-state index >= 15 is 0 Å². The first kappa shape index (κ1) is 22.0. The van der Waals surface area contributed by atoms with E-state index in [9.17, 15) is 13.2 Å². The van der Waals surface area contributed by atoms with Gasteiger partial charge in [0.1, 0.15) is 0 Å². The molecule has 0 aliphatic carbocycles. The van der Waals surface area contributed by atoms with Gasteiger partial charge in [0.05, 0.1) is 16.3 Å². The minimum absolute atomic E-state index is 0.0665. The van der Waals surface area contributed by atoms with Crippen molar-refractivity contribution in [1.82, 2.24) is 9.88 Å². The van der Waals surface area contributed by atoms with Gasteiger partial charge in [-0.15, -0.1) is 0 Å². The van der Waals surface area contributed by atoms with Crippen molar-refractivity contribution in [1.29, 1.82) is 0 Å². The second-order valence-corrected chi connectivity index (χ2v) is 8.89. The van der Waals surface area contributed by atoms with Gasteiger partial charge >= 0.3 is 0 Å². The number of nitrogens with zero attached hydrogens (tertiary/aromatic N) is 3. The van der Waals surface area contributed by atoms with E-state index in [1.54, 1.807) is 62.9 Å². The molecule has 2 aromatic carbocycles. The molecule has 160 valence electrons. The number of sulfone groups is 1. The minimum Gasteiger partial charge on any atom is -0.370 e. The van der Waals surface area contributed by atoms with E-state index in [2.05, 4.69) is 15.3 Å². The van der Waals surface area contributed by atoms with Crippen LogP contribution in [0.3, 0.4) is 0 Å². The third kappa shape index (κ3) is 5.46. The van der Waals surface area contributed by atoms with Crippen LogP contribution in [0, 0.1) is 0 Å². The Kier molecular flexibility index (Phi) is 6.66. The van der Waals surface area contributed by atoms with E-state index in [0.717, 1.165) is 11.3 Å². The van der Waals surface area contributed by atoms with Crippen LogP contribution in [-0.2, 0) is 16.4 Å². The topological polar surface area (TPSA) is 118 Å². The van der Waals surface area contributed by atoms with E-state index in [1.807, 2.05) is 0 Å². The fourth-order valence-corrected chi connectivity index (χ4v) is 4.07. The van der Waals surface area contributed by atoms with Crippen molar-refractivity contribution in [3.05, 3.63) is 84.2 Å². The third-order valence-electron chi connectivity index (χ3n) is 4.42. The van der Waals surface area contributed by atoms with Gasteiger partial charge in [0.15, 0.2) is 5.96 Å². The normalized spacial score (nSPS) is 11.7. The number of aliphatic imine (C=N–C) groups is 1. The summed E-state index contributed by atoms with van der Waals surface area (Å²) >= 11 is 0. The number of benzene rings is 2. The van der Waals surface area contributed by atoms with Gasteiger partial charge in [-0.25, -0.2) is 13.4 Å². The average molecular weight is 438 g/mol. The first-order valence-corrected chi connectivity index (χ1v) is 10.9. The number of nitrogens with one attached hydrogen (secondary N) is 1. The smallest absolute Gasteiger partial charge is 0.253 e. The zero-order valence-corrected chi connectivity index (χ0v) is 18.0. The lowest BCUT2D eigenvalue weighted by Crippen LogP contribution is -2.22. The van der Waals surface area contributed by atoms with Crippen molar-refractivity contribution in [2.24, 2.45) is 10.7 Å². The standard InChI is InChI=1S/C22H23N5O3S/c1-27(2)21(28)17-4-3-5-20(14-17)31(29,30)19-8-6-16(7-9-19)15-25-22(23)26-18-10-12-24-13-11-18/h3-14H,15H2,1-2H3,(H3,23,24,25,26). The molecule has 0 aliphatic rings. The number of rotatable bonds is 6. The number of nitrogens with two attached hydrogens (primary N) is 1. The number of aromatic nitrogens is 1. The molecule has 0 saturated carbocycles. The molecule has 1 heterocycles. The van der Waals surface area contributed by atoms with Crippen LogP contribution < -0.4 is 11.1 Å². The number of guanidine groups is 1. The second-order valence-electron chi connectivity index (χ2n) is 6.94. The number of carbonyl (C=O) groups is 1. The van der Waals surface area contributed by atoms with E-state index in [0.29, 0.717) is 5.56 Å². The Bertz CT molecular complexity index is 1190. The number of pyridine rings is 1. The summed E-state index contributed by atoms with van der Waals surface area (Å²) in [7, 11) is -0.529. The molecule has 0 bridgehead atoms. The lowest BCUT2D eigenvalue weighted by atomic mass is 10.2. The van der Waals surface area contributed by atoms with Gasteiger partial charge in [0.25, 0.3) is 5.91 Å². The van der Waals surface area contributed by atoms with Crippen molar-refractivity contribution in [3.8, 4) is 0 Å². The van der Waals surface area contributed by atoms with Gasteiger partial charge in [-0.1, -0.05) is 18.2 Å². The molecule has 0 fully saturated rings. The largest absolute Gasteiger partial charge is 0.370 e. The number of carbonyl (C=O) groups excluding carboxylic acids is 1. The molecule has 0 unspecified atom stereocenters. The first-order valence-electron chi connectivity index (χ1n) is 9.40. The Morgan fingerprint density at radius 3 is 2.35 bits per heavy atom. The lowest BCUT2D eigenvalue weighted by molar-refractivity contribution is 0.0827. The minimum atomic E-state index is -3.76. The Labute approximate surface area is 181 Å².